The van der Waals surface area contributed by atoms with Gasteiger partial charge in [-0.05, 0) is 32.4 Å². The summed E-state index contributed by atoms with van der Waals surface area (Å²) in [6.45, 7) is 6.29. The molecule has 0 unspecified atom stereocenters. The largest absolute Gasteiger partial charge is 0.497 e. The van der Waals surface area contributed by atoms with Gasteiger partial charge in [0.2, 0.25) is 0 Å². The standard InChI is InChI=1S/C19H28N4O2S/c1-5-20-19(21-10-6-7-18-23-14(2)13-26-18)22-12-15-8-9-16(24-3)11-17(15)25-4/h8-9,11,13H,5-7,10,12H2,1-4H3,(H2,20,21,22). The average Bonchev–Trinajstić information content (AvgIpc) is 3.08. The Morgan fingerprint density at radius 1 is 1.23 bits per heavy atom. The monoisotopic (exact) mass is 376 g/mol. The van der Waals surface area contributed by atoms with Crippen LogP contribution in [0.5, 0.6) is 11.5 Å². The fourth-order valence-electron chi connectivity index (χ4n) is 2.45. The number of methoxy groups -OCH3 is 2. The SMILES string of the molecule is CCNC(=NCc1ccc(OC)cc1OC)NCCCc1nc(C)cs1. The maximum absolute atomic E-state index is 5.43. The predicted octanol–water partition coefficient (Wildman–Crippen LogP) is 3.16. The lowest BCUT2D eigenvalue weighted by Gasteiger charge is -2.12. The minimum Gasteiger partial charge on any atom is -0.497 e. The van der Waals surface area contributed by atoms with E-state index >= 15 is 0 Å². The number of benzene rings is 1. The number of aryl methyl sites for hydroxylation is 2. The number of nitrogens with zero attached hydrogens (tertiary/aromatic N) is 2. The first-order valence-corrected chi connectivity index (χ1v) is 9.68. The fraction of sp³-hybridized carbons (Fsp3) is 0.474. The molecule has 6 nitrogen and oxygen atoms in total. The number of nitrogens with one attached hydrogen (secondary N) is 2. The summed E-state index contributed by atoms with van der Waals surface area (Å²) >= 11 is 1.72. The molecular weight excluding hydrogens is 348 g/mol. The predicted molar refractivity (Wildman–Crippen MR) is 108 cm³/mol. The van der Waals surface area contributed by atoms with Gasteiger partial charge < -0.3 is 20.1 Å². The summed E-state index contributed by atoms with van der Waals surface area (Å²) < 4.78 is 10.7. The molecule has 0 aliphatic rings. The first kappa shape index (κ1) is 20.0. The fourth-order valence-corrected chi connectivity index (χ4v) is 3.27. The lowest BCUT2D eigenvalue weighted by molar-refractivity contribution is 0.391. The molecule has 0 aliphatic carbocycles. The maximum Gasteiger partial charge on any atom is 0.191 e. The van der Waals surface area contributed by atoms with Gasteiger partial charge in [-0.3, -0.25) is 0 Å². The number of aromatic nitrogens is 1. The summed E-state index contributed by atoms with van der Waals surface area (Å²) in [5, 5.41) is 9.94. The molecule has 142 valence electrons. The number of aliphatic imine (C=N–C) groups is 1. The zero-order valence-corrected chi connectivity index (χ0v) is 16.8. The Labute approximate surface area is 159 Å². The number of hydrogen-bond acceptors (Lipinski definition) is 5. The Balaban J connectivity index is 1.89. The molecule has 0 radical (unpaired) electrons. The van der Waals surface area contributed by atoms with Crippen molar-refractivity contribution >= 4 is 17.3 Å². The van der Waals surface area contributed by atoms with Gasteiger partial charge in [0.25, 0.3) is 0 Å². The average molecular weight is 377 g/mol. The number of guanidine groups is 1. The van der Waals surface area contributed by atoms with Crippen molar-refractivity contribution in [1.29, 1.82) is 0 Å². The van der Waals surface area contributed by atoms with E-state index in [2.05, 4.69) is 32.9 Å². The van der Waals surface area contributed by atoms with Crippen LogP contribution in [0.25, 0.3) is 0 Å². The molecular formula is C19H28N4O2S. The first-order chi connectivity index (χ1) is 12.7. The van der Waals surface area contributed by atoms with Crippen molar-refractivity contribution < 1.29 is 9.47 Å². The third kappa shape index (κ3) is 6.22. The Bertz CT molecular complexity index is 715. The lowest BCUT2D eigenvalue weighted by Crippen LogP contribution is -2.37. The van der Waals surface area contributed by atoms with E-state index in [0.717, 1.165) is 54.6 Å². The van der Waals surface area contributed by atoms with Gasteiger partial charge in [-0.15, -0.1) is 11.3 Å². The van der Waals surface area contributed by atoms with E-state index in [0.29, 0.717) is 6.54 Å². The Morgan fingerprint density at radius 2 is 2.08 bits per heavy atom. The highest BCUT2D eigenvalue weighted by Gasteiger charge is 2.06. The number of rotatable bonds is 9. The molecule has 0 aliphatic heterocycles. The van der Waals surface area contributed by atoms with Gasteiger partial charge >= 0.3 is 0 Å². The van der Waals surface area contributed by atoms with Crippen LogP contribution in [0.1, 0.15) is 29.6 Å². The van der Waals surface area contributed by atoms with Crippen LogP contribution in [0.15, 0.2) is 28.6 Å². The number of thiazole rings is 1. The van der Waals surface area contributed by atoms with Crippen molar-refractivity contribution in [2.24, 2.45) is 4.99 Å². The molecule has 26 heavy (non-hydrogen) atoms. The third-order valence-electron chi connectivity index (χ3n) is 3.77. The topological polar surface area (TPSA) is 67.8 Å². The van der Waals surface area contributed by atoms with Gasteiger partial charge in [0.1, 0.15) is 11.5 Å². The highest BCUT2D eigenvalue weighted by Crippen LogP contribution is 2.25. The summed E-state index contributed by atoms with van der Waals surface area (Å²) in [6.07, 6.45) is 2.00. The molecule has 0 saturated heterocycles. The van der Waals surface area contributed by atoms with Gasteiger partial charge in [-0.2, -0.15) is 0 Å². The summed E-state index contributed by atoms with van der Waals surface area (Å²) in [6, 6.07) is 5.78. The second-order valence-electron chi connectivity index (χ2n) is 5.79. The van der Waals surface area contributed by atoms with Crippen molar-refractivity contribution in [3.63, 3.8) is 0 Å². The normalized spacial score (nSPS) is 11.3. The molecule has 2 rings (SSSR count). The van der Waals surface area contributed by atoms with Crippen LogP contribution < -0.4 is 20.1 Å². The molecule has 0 saturated carbocycles. The molecule has 0 atom stereocenters. The molecule has 2 aromatic rings. The molecule has 7 heteroatoms. The Morgan fingerprint density at radius 3 is 2.73 bits per heavy atom. The van der Waals surface area contributed by atoms with Crippen LogP contribution >= 0.6 is 11.3 Å². The smallest absolute Gasteiger partial charge is 0.191 e. The Kier molecular flexibility index (Phi) is 8.21. The maximum atomic E-state index is 5.43. The minimum absolute atomic E-state index is 0.536. The second-order valence-corrected chi connectivity index (χ2v) is 6.73. The van der Waals surface area contributed by atoms with Crippen molar-refractivity contribution in [2.45, 2.75) is 33.2 Å². The first-order valence-electron chi connectivity index (χ1n) is 8.80. The van der Waals surface area contributed by atoms with Gasteiger partial charge in [0.15, 0.2) is 5.96 Å². The van der Waals surface area contributed by atoms with Crippen LogP contribution in [-0.4, -0.2) is 38.3 Å². The molecule has 2 N–H and O–H groups in total. The minimum atomic E-state index is 0.536. The van der Waals surface area contributed by atoms with E-state index in [1.807, 2.05) is 25.1 Å². The van der Waals surface area contributed by atoms with Crippen molar-refractivity contribution in [3.8, 4) is 11.5 Å². The Hall–Kier alpha value is -2.28. The molecule has 0 fully saturated rings. The van der Waals surface area contributed by atoms with Crippen LogP contribution in [0.2, 0.25) is 0 Å². The van der Waals surface area contributed by atoms with Crippen molar-refractivity contribution in [3.05, 3.63) is 39.8 Å². The number of ether oxygens (including phenoxy) is 2. The van der Waals surface area contributed by atoms with Gasteiger partial charge in [-0.25, -0.2) is 9.98 Å². The molecule has 1 aromatic heterocycles. The van der Waals surface area contributed by atoms with Gasteiger partial charge in [0, 0.05) is 42.2 Å². The quantitative estimate of drug-likeness (QED) is 0.400. The lowest BCUT2D eigenvalue weighted by atomic mass is 10.2. The molecule has 1 aromatic carbocycles. The van der Waals surface area contributed by atoms with E-state index in [1.54, 1.807) is 25.6 Å². The highest BCUT2D eigenvalue weighted by molar-refractivity contribution is 7.09. The second kappa shape index (κ2) is 10.7. The van der Waals surface area contributed by atoms with Crippen LogP contribution in [-0.2, 0) is 13.0 Å². The van der Waals surface area contributed by atoms with Crippen LogP contribution in [0.3, 0.4) is 0 Å². The van der Waals surface area contributed by atoms with E-state index in [4.69, 9.17) is 9.47 Å². The highest BCUT2D eigenvalue weighted by atomic mass is 32.1. The van der Waals surface area contributed by atoms with Crippen LogP contribution in [0.4, 0.5) is 0 Å². The summed E-state index contributed by atoms with van der Waals surface area (Å²) in [4.78, 5) is 9.15. The van der Waals surface area contributed by atoms with E-state index in [-0.39, 0.29) is 0 Å². The van der Waals surface area contributed by atoms with Crippen LogP contribution in [0, 0.1) is 6.92 Å². The third-order valence-corrected chi connectivity index (χ3v) is 4.80. The zero-order chi connectivity index (χ0) is 18.8. The molecule has 0 amide bonds. The van der Waals surface area contributed by atoms with E-state index in [9.17, 15) is 0 Å². The van der Waals surface area contributed by atoms with Gasteiger partial charge in [0.05, 0.1) is 25.8 Å². The summed E-state index contributed by atoms with van der Waals surface area (Å²) in [7, 11) is 3.30. The van der Waals surface area contributed by atoms with E-state index < -0.39 is 0 Å². The zero-order valence-electron chi connectivity index (χ0n) is 16.0. The molecule has 0 bridgehead atoms. The van der Waals surface area contributed by atoms with Crippen molar-refractivity contribution in [1.82, 2.24) is 15.6 Å². The van der Waals surface area contributed by atoms with Crippen molar-refractivity contribution in [2.75, 3.05) is 27.3 Å². The summed E-state index contributed by atoms with van der Waals surface area (Å²) in [5.41, 5.74) is 2.12. The van der Waals surface area contributed by atoms with Gasteiger partial charge in [-0.1, -0.05) is 0 Å². The number of hydrogen-bond donors (Lipinski definition) is 2. The molecule has 1 heterocycles. The molecule has 0 spiro atoms. The summed E-state index contributed by atoms with van der Waals surface area (Å²) in [5.74, 6) is 2.36. The van der Waals surface area contributed by atoms with E-state index in [1.165, 1.54) is 5.01 Å².